The SMILES string of the molecule is CC1(CNCc2nnnn2-c2ccccc2)CCOCC1. The maximum Gasteiger partial charge on any atom is 0.170 e. The minimum atomic E-state index is 0.309. The molecule has 2 heterocycles. The molecule has 0 spiro atoms. The first kappa shape index (κ1) is 14.2. The van der Waals surface area contributed by atoms with Crippen molar-refractivity contribution in [2.45, 2.75) is 26.3 Å². The first-order valence-corrected chi connectivity index (χ1v) is 7.38. The van der Waals surface area contributed by atoms with Crippen LogP contribution in [0.4, 0.5) is 0 Å². The van der Waals surface area contributed by atoms with Gasteiger partial charge < -0.3 is 10.1 Å². The quantitative estimate of drug-likeness (QED) is 0.904. The molecule has 2 aromatic rings. The number of para-hydroxylation sites is 1. The lowest BCUT2D eigenvalue weighted by atomic mass is 9.82. The van der Waals surface area contributed by atoms with Crippen molar-refractivity contribution in [2.24, 2.45) is 5.41 Å². The second-order valence-corrected chi connectivity index (χ2v) is 5.87. The third-order valence-corrected chi connectivity index (χ3v) is 4.07. The maximum atomic E-state index is 5.43. The van der Waals surface area contributed by atoms with Gasteiger partial charge in [0.1, 0.15) is 0 Å². The zero-order valence-electron chi connectivity index (χ0n) is 12.3. The monoisotopic (exact) mass is 287 g/mol. The summed E-state index contributed by atoms with van der Waals surface area (Å²) in [6.45, 7) is 5.65. The van der Waals surface area contributed by atoms with Gasteiger partial charge in [0.2, 0.25) is 0 Å². The van der Waals surface area contributed by atoms with Gasteiger partial charge in [-0.15, -0.1) is 5.10 Å². The van der Waals surface area contributed by atoms with E-state index < -0.39 is 0 Å². The van der Waals surface area contributed by atoms with Crippen molar-refractivity contribution in [1.82, 2.24) is 25.5 Å². The van der Waals surface area contributed by atoms with E-state index in [2.05, 4.69) is 27.8 Å². The summed E-state index contributed by atoms with van der Waals surface area (Å²) in [4.78, 5) is 0. The molecule has 0 radical (unpaired) electrons. The molecule has 0 atom stereocenters. The molecule has 0 aliphatic carbocycles. The third kappa shape index (κ3) is 3.46. The van der Waals surface area contributed by atoms with E-state index in [4.69, 9.17) is 4.74 Å². The summed E-state index contributed by atoms with van der Waals surface area (Å²) in [5.41, 5.74) is 1.29. The van der Waals surface area contributed by atoms with Gasteiger partial charge in [-0.2, -0.15) is 4.68 Å². The highest BCUT2D eigenvalue weighted by atomic mass is 16.5. The Kier molecular flexibility index (Phi) is 4.26. The molecule has 21 heavy (non-hydrogen) atoms. The standard InChI is InChI=1S/C15H21N5O/c1-15(7-9-21-10-8-15)12-16-11-14-17-18-19-20(14)13-5-3-2-4-6-13/h2-6,16H,7-12H2,1H3. The summed E-state index contributed by atoms with van der Waals surface area (Å²) in [6, 6.07) is 9.95. The Morgan fingerprint density at radius 1 is 1.24 bits per heavy atom. The van der Waals surface area contributed by atoms with Crippen LogP contribution in [0.25, 0.3) is 5.69 Å². The summed E-state index contributed by atoms with van der Waals surface area (Å²) in [5, 5.41) is 15.5. The lowest BCUT2D eigenvalue weighted by Crippen LogP contribution is -2.36. The Hall–Kier alpha value is -1.79. The first-order chi connectivity index (χ1) is 10.3. The molecule has 0 unspecified atom stereocenters. The predicted octanol–water partition coefficient (Wildman–Crippen LogP) is 1.57. The highest BCUT2D eigenvalue weighted by Gasteiger charge is 2.26. The number of hydrogen-bond donors (Lipinski definition) is 1. The van der Waals surface area contributed by atoms with Crippen molar-refractivity contribution in [1.29, 1.82) is 0 Å². The highest BCUT2D eigenvalue weighted by Crippen LogP contribution is 2.28. The minimum absolute atomic E-state index is 0.309. The maximum absolute atomic E-state index is 5.43. The van der Waals surface area contributed by atoms with Crippen LogP contribution >= 0.6 is 0 Å². The fraction of sp³-hybridized carbons (Fsp3) is 0.533. The van der Waals surface area contributed by atoms with Gasteiger partial charge in [-0.05, 0) is 40.8 Å². The zero-order valence-corrected chi connectivity index (χ0v) is 12.3. The van der Waals surface area contributed by atoms with E-state index in [1.165, 1.54) is 0 Å². The average Bonchev–Trinajstić information content (AvgIpc) is 2.97. The lowest BCUT2D eigenvalue weighted by Gasteiger charge is -2.33. The fourth-order valence-corrected chi connectivity index (χ4v) is 2.60. The van der Waals surface area contributed by atoms with E-state index in [-0.39, 0.29) is 0 Å². The molecule has 1 N–H and O–H groups in total. The summed E-state index contributed by atoms with van der Waals surface area (Å²) in [5.74, 6) is 0.830. The molecule has 0 bridgehead atoms. The number of nitrogens with one attached hydrogen (secondary N) is 1. The summed E-state index contributed by atoms with van der Waals surface area (Å²) in [6.07, 6.45) is 2.20. The van der Waals surface area contributed by atoms with Crippen LogP contribution in [0.5, 0.6) is 0 Å². The van der Waals surface area contributed by atoms with E-state index in [9.17, 15) is 0 Å². The Morgan fingerprint density at radius 3 is 2.76 bits per heavy atom. The van der Waals surface area contributed by atoms with Gasteiger partial charge in [0.05, 0.1) is 12.2 Å². The molecule has 6 nitrogen and oxygen atoms in total. The van der Waals surface area contributed by atoms with Gasteiger partial charge in [-0.1, -0.05) is 25.1 Å². The van der Waals surface area contributed by atoms with Crippen LogP contribution in [-0.4, -0.2) is 40.0 Å². The largest absolute Gasteiger partial charge is 0.381 e. The molecule has 1 saturated heterocycles. The van der Waals surface area contributed by atoms with Crippen molar-refractivity contribution < 1.29 is 4.74 Å². The van der Waals surface area contributed by atoms with Crippen molar-refractivity contribution in [3.63, 3.8) is 0 Å². The van der Waals surface area contributed by atoms with Gasteiger partial charge in [0.15, 0.2) is 5.82 Å². The van der Waals surface area contributed by atoms with E-state index >= 15 is 0 Å². The molecule has 0 amide bonds. The number of tetrazole rings is 1. The Balaban J connectivity index is 1.60. The third-order valence-electron chi connectivity index (χ3n) is 4.07. The van der Waals surface area contributed by atoms with Crippen molar-refractivity contribution in [2.75, 3.05) is 19.8 Å². The second-order valence-electron chi connectivity index (χ2n) is 5.87. The van der Waals surface area contributed by atoms with Crippen LogP contribution in [0.1, 0.15) is 25.6 Å². The summed E-state index contributed by atoms with van der Waals surface area (Å²) < 4.78 is 7.21. The Morgan fingerprint density at radius 2 is 2.00 bits per heavy atom. The molecule has 1 aliphatic heterocycles. The highest BCUT2D eigenvalue weighted by molar-refractivity contribution is 5.30. The normalized spacial score (nSPS) is 17.8. The number of rotatable bonds is 5. The lowest BCUT2D eigenvalue weighted by molar-refractivity contribution is 0.0239. The average molecular weight is 287 g/mol. The van der Waals surface area contributed by atoms with Crippen LogP contribution < -0.4 is 5.32 Å². The topological polar surface area (TPSA) is 64.9 Å². The number of nitrogens with zero attached hydrogens (tertiary/aromatic N) is 4. The fourth-order valence-electron chi connectivity index (χ4n) is 2.60. The Labute approximate surface area is 124 Å². The number of benzene rings is 1. The van der Waals surface area contributed by atoms with Crippen LogP contribution in [0.2, 0.25) is 0 Å². The van der Waals surface area contributed by atoms with Gasteiger partial charge >= 0.3 is 0 Å². The van der Waals surface area contributed by atoms with Crippen LogP contribution in [0.15, 0.2) is 30.3 Å². The molecule has 1 fully saturated rings. The zero-order chi connectivity index (χ0) is 14.5. The second kappa shape index (κ2) is 6.32. The van der Waals surface area contributed by atoms with Crippen LogP contribution in [0, 0.1) is 5.41 Å². The smallest absolute Gasteiger partial charge is 0.170 e. The number of ether oxygens (including phenoxy) is 1. The molecule has 1 aromatic heterocycles. The molecular formula is C15H21N5O. The van der Waals surface area contributed by atoms with Crippen LogP contribution in [0.3, 0.4) is 0 Å². The Bertz CT molecular complexity index is 562. The molecule has 0 saturated carbocycles. The molecule has 112 valence electrons. The first-order valence-electron chi connectivity index (χ1n) is 7.38. The van der Waals surface area contributed by atoms with Crippen molar-refractivity contribution >= 4 is 0 Å². The molecule has 3 rings (SSSR count). The number of aromatic nitrogens is 4. The van der Waals surface area contributed by atoms with Gasteiger partial charge in [0, 0.05) is 19.8 Å². The van der Waals surface area contributed by atoms with Gasteiger partial charge in [0.25, 0.3) is 0 Å². The summed E-state index contributed by atoms with van der Waals surface area (Å²) >= 11 is 0. The van der Waals surface area contributed by atoms with Gasteiger partial charge in [-0.3, -0.25) is 0 Å². The van der Waals surface area contributed by atoms with Gasteiger partial charge in [-0.25, -0.2) is 0 Å². The molecule has 1 aromatic carbocycles. The van der Waals surface area contributed by atoms with E-state index in [0.717, 1.165) is 44.1 Å². The van der Waals surface area contributed by atoms with E-state index in [1.54, 1.807) is 4.68 Å². The molecule has 1 aliphatic rings. The molecular weight excluding hydrogens is 266 g/mol. The van der Waals surface area contributed by atoms with E-state index in [1.807, 2.05) is 30.3 Å². The van der Waals surface area contributed by atoms with Crippen molar-refractivity contribution in [3.8, 4) is 5.69 Å². The molecule has 6 heteroatoms. The number of hydrogen-bond acceptors (Lipinski definition) is 5. The van der Waals surface area contributed by atoms with Crippen molar-refractivity contribution in [3.05, 3.63) is 36.2 Å². The van der Waals surface area contributed by atoms with Crippen LogP contribution in [-0.2, 0) is 11.3 Å². The van der Waals surface area contributed by atoms with E-state index in [0.29, 0.717) is 12.0 Å². The predicted molar refractivity (Wildman–Crippen MR) is 79.0 cm³/mol. The minimum Gasteiger partial charge on any atom is -0.381 e. The summed E-state index contributed by atoms with van der Waals surface area (Å²) in [7, 11) is 0.